The van der Waals surface area contributed by atoms with E-state index in [-0.39, 0.29) is 11.8 Å². The molecule has 2 atom stereocenters. The quantitative estimate of drug-likeness (QED) is 0.891. The second kappa shape index (κ2) is 5.44. The summed E-state index contributed by atoms with van der Waals surface area (Å²) in [7, 11) is 0. The Balaban J connectivity index is 1.72. The Hall–Kier alpha value is -1.55. The number of para-hydroxylation sites is 1. The molecule has 1 fully saturated rings. The molecule has 2 aliphatic heterocycles. The summed E-state index contributed by atoms with van der Waals surface area (Å²) in [6.45, 7) is 8.90. The van der Waals surface area contributed by atoms with Crippen LogP contribution >= 0.6 is 0 Å². The monoisotopic (exact) mass is 273 g/mol. The molecule has 1 aromatic carbocycles. The van der Waals surface area contributed by atoms with Crippen molar-refractivity contribution in [3.05, 3.63) is 29.8 Å². The lowest BCUT2D eigenvalue weighted by Crippen LogP contribution is -2.54. The summed E-state index contributed by atoms with van der Waals surface area (Å²) in [6.07, 6.45) is 0. The lowest BCUT2D eigenvalue weighted by molar-refractivity contribution is -0.135. The van der Waals surface area contributed by atoms with Gasteiger partial charge in [0.05, 0.1) is 5.92 Å². The molecule has 108 valence electrons. The number of fused-ring (bicyclic) bond motifs is 1. The van der Waals surface area contributed by atoms with Crippen LogP contribution in [0.2, 0.25) is 0 Å². The molecule has 3 rings (SSSR count). The number of hydrogen-bond donors (Lipinski definition) is 1. The Morgan fingerprint density at radius 3 is 2.90 bits per heavy atom. The number of likely N-dealkylation sites (N-methyl/N-ethyl adjacent to an activating group) is 1. The van der Waals surface area contributed by atoms with E-state index in [9.17, 15) is 4.79 Å². The summed E-state index contributed by atoms with van der Waals surface area (Å²) >= 11 is 0. The number of rotatable bonds is 2. The van der Waals surface area contributed by atoms with Gasteiger partial charge in [-0.15, -0.1) is 0 Å². The van der Waals surface area contributed by atoms with Crippen LogP contribution in [0.4, 0.5) is 5.69 Å². The molecule has 0 bridgehead atoms. The molecule has 1 N–H and O–H groups in total. The average Bonchev–Trinajstić information content (AvgIpc) is 2.90. The summed E-state index contributed by atoms with van der Waals surface area (Å²) in [5.74, 6) is 0.275. The van der Waals surface area contributed by atoms with Gasteiger partial charge in [-0.05, 0) is 25.1 Å². The number of nitrogens with zero attached hydrogens (tertiary/aromatic N) is 2. The maximum absolute atomic E-state index is 12.8. The lowest BCUT2D eigenvalue weighted by Gasteiger charge is -2.40. The van der Waals surface area contributed by atoms with Crippen molar-refractivity contribution in [2.75, 3.05) is 38.0 Å². The summed E-state index contributed by atoms with van der Waals surface area (Å²) in [4.78, 5) is 17.3. The zero-order valence-electron chi connectivity index (χ0n) is 12.3. The highest BCUT2D eigenvalue weighted by atomic mass is 16.2. The first-order chi connectivity index (χ1) is 9.70. The SMILES string of the molecule is CCN1CCN(C(=O)C2CNc3ccccc32)CC1C. The Labute approximate surface area is 120 Å². The van der Waals surface area contributed by atoms with Crippen LogP contribution < -0.4 is 5.32 Å². The summed E-state index contributed by atoms with van der Waals surface area (Å²) in [5.41, 5.74) is 2.27. The summed E-state index contributed by atoms with van der Waals surface area (Å²) < 4.78 is 0. The summed E-state index contributed by atoms with van der Waals surface area (Å²) in [6, 6.07) is 8.62. The molecule has 2 unspecified atom stereocenters. The van der Waals surface area contributed by atoms with Crippen LogP contribution in [0, 0.1) is 0 Å². The zero-order chi connectivity index (χ0) is 14.1. The highest BCUT2D eigenvalue weighted by molar-refractivity contribution is 5.88. The maximum Gasteiger partial charge on any atom is 0.232 e. The number of carbonyl (C=O) groups excluding carboxylic acids is 1. The average molecular weight is 273 g/mol. The van der Waals surface area contributed by atoms with Crippen LogP contribution in [0.5, 0.6) is 0 Å². The highest BCUT2D eigenvalue weighted by Gasteiger charge is 2.34. The van der Waals surface area contributed by atoms with E-state index in [1.165, 1.54) is 0 Å². The Morgan fingerprint density at radius 1 is 1.35 bits per heavy atom. The number of anilines is 1. The zero-order valence-corrected chi connectivity index (χ0v) is 12.3. The molecule has 2 heterocycles. The van der Waals surface area contributed by atoms with Gasteiger partial charge >= 0.3 is 0 Å². The van der Waals surface area contributed by atoms with Crippen LogP contribution in [0.25, 0.3) is 0 Å². The predicted molar refractivity (Wildman–Crippen MR) is 81.0 cm³/mol. The second-order valence-electron chi connectivity index (χ2n) is 5.78. The molecular formula is C16H23N3O. The molecule has 4 nitrogen and oxygen atoms in total. The van der Waals surface area contributed by atoms with Crippen molar-refractivity contribution >= 4 is 11.6 Å². The van der Waals surface area contributed by atoms with Gasteiger partial charge in [-0.2, -0.15) is 0 Å². The van der Waals surface area contributed by atoms with Gasteiger partial charge in [0.25, 0.3) is 0 Å². The van der Waals surface area contributed by atoms with Gasteiger partial charge in [0.2, 0.25) is 5.91 Å². The number of hydrogen-bond acceptors (Lipinski definition) is 3. The lowest BCUT2D eigenvalue weighted by atomic mass is 9.99. The molecule has 0 saturated carbocycles. The van der Waals surface area contributed by atoms with Crippen LogP contribution in [-0.4, -0.2) is 54.5 Å². The van der Waals surface area contributed by atoms with Crippen molar-refractivity contribution in [1.82, 2.24) is 9.80 Å². The third-order valence-electron chi connectivity index (χ3n) is 4.61. The van der Waals surface area contributed by atoms with Crippen LogP contribution in [-0.2, 0) is 4.79 Å². The molecule has 1 saturated heterocycles. The second-order valence-corrected chi connectivity index (χ2v) is 5.78. The van der Waals surface area contributed by atoms with E-state index < -0.39 is 0 Å². The number of nitrogens with one attached hydrogen (secondary N) is 1. The molecular weight excluding hydrogens is 250 g/mol. The molecule has 1 amide bonds. The Bertz CT molecular complexity index is 502. The largest absolute Gasteiger partial charge is 0.384 e. The Kier molecular flexibility index (Phi) is 3.66. The van der Waals surface area contributed by atoms with E-state index in [0.29, 0.717) is 6.04 Å². The molecule has 0 spiro atoms. The molecule has 20 heavy (non-hydrogen) atoms. The summed E-state index contributed by atoms with van der Waals surface area (Å²) in [5, 5.41) is 3.34. The fourth-order valence-corrected chi connectivity index (χ4v) is 3.39. The third kappa shape index (κ3) is 2.29. The minimum absolute atomic E-state index is 0.00780. The maximum atomic E-state index is 12.8. The van der Waals surface area contributed by atoms with Crippen molar-refractivity contribution < 1.29 is 4.79 Å². The standard InChI is InChI=1S/C16H23N3O/c1-3-18-8-9-19(11-12(18)2)16(20)14-10-17-15-7-5-4-6-13(14)15/h4-7,12,14,17H,3,8-11H2,1-2H3. The predicted octanol–water partition coefficient (Wildman–Crippen LogP) is 1.75. The van der Waals surface area contributed by atoms with Crippen molar-refractivity contribution in [2.45, 2.75) is 25.8 Å². The molecule has 4 heteroatoms. The van der Waals surface area contributed by atoms with E-state index in [0.717, 1.165) is 44.0 Å². The van der Waals surface area contributed by atoms with Crippen LogP contribution in [0.15, 0.2) is 24.3 Å². The normalized spacial score (nSPS) is 26.2. The fraction of sp³-hybridized carbons (Fsp3) is 0.562. The fourth-order valence-electron chi connectivity index (χ4n) is 3.39. The smallest absolute Gasteiger partial charge is 0.232 e. The van der Waals surface area contributed by atoms with Crippen LogP contribution in [0.1, 0.15) is 25.3 Å². The van der Waals surface area contributed by atoms with Gasteiger partial charge < -0.3 is 10.2 Å². The van der Waals surface area contributed by atoms with Crippen molar-refractivity contribution in [2.24, 2.45) is 0 Å². The molecule has 1 aromatic rings. The van der Waals surface area contributed by atoms with Gasteiger partial charge in [0.1, 0.15) is 0 Å². The molecule has 0 radical (unpaired) electrons. The van der Waals surface area contributed by atoms with Crippen molar-refractivity contribution in [3.63, 3.8) is 0 Å². The van der Waals surface area contributed by atoms with Gasteiger partial charge in [0, 0.05) is 37.9 Å². The minimum atomic E-state index is -0.00780. The van der Waals surface area contributed by atoms with Crippen molar-refractivity contribution in [1.29, 1.82) is 0 Å². The van der Waals surface area contributed by atoms with E-state index in [4.69, 9.17) is 0 Å². The van der Waals surface area contributed by atoms with E-state index in [2.05, 4.69) is 36.2 Å². The number of amides is 1. The number of piperazine rings is 1. The van der Waals surface area contributed by atoms with Gasteiger partial charge in [-0.3, -0.25) is 9.69 Å². The van der Waals surface area contributed by atoms with E-state index >= 15 is 0 Å². The molecule has 0 aliphatic carbocycles. The van der Waals surface area contributed by atoms with Crippen LogP contribution in [0.3, 0.4) is 0 Å². The van der Waals surface area contributed by atoms with Gasteiger partial charge in [-0.25, -0.2) is 0 Å². The van der Waals surface area contributed by atoms with Gasteiger partial charge in [-0.1, -0.05) is 25.1 Å². The minimum Gasteiger partial charge on any atom is -0.384 e. The van der Waals surface area contributed by atoms with E-state index in [1.807, 2.05) is 17.0 Å². The first-order valence-corrected chi connectivity index (χ1v) is 7.56. The van der Waals surface area contributed by atoms with Crippen molar-refractivity contribution in [3.8, 4) is 0 Å². The first kappa shape index (κ1) is 13.4. The number of benzene rings is 1. The third-order valence-corrected chi connectivity index (χ3v) is 4.61. The van der Waals surface area contributed by atoms with Gasteiger partial charge in [0.15, 0.2) is 0 Å². The van der Waals surface area contributed by atoms with E-state index in [1.54, 1.807) is 0 Å². The Morgan fingerprint density at radius 2 is 2.15 bits per heavy atom. The topological polar surface area (TPSA) is 35.6 Å². The number of carbonyl (C=O) groups is 1. The first-order valence-electron chi connectivity index (χ1n) is 7.56. The molecule has 0 aromatic heterocycles. The highest BCUT2D eigenvalue weighted by Crippen LogP contribution is 2.32. The molecule has 2 aliphatic rings.